The van der Waals surface area contributed by atoms with Crippen LogP contribution in [0.5, 0.6) is 0 Å². The minimum atomic E-state index is -0.316. The molecule has 0 aliphatic carbocycles. The minimum absolute atomic E-state index is 0.316. The number of hydrogen-bond acceptors (Lipinski definition) is 2. The van der Waals surface area contributed by atoms with Crippen molar-refractivity contribution in [1.29, 1.82) is 0 Å². The summed E-state index contributed by atoms with van der Waals surface area (Å²) in [4.78, 5) is 10.6. The highest BCUT2D eigenvalue weighted by atomic mass is 32.1. The van der Waals surface area contributed by atoms with Gasteiger partial charge in [0.2, 0.25) is 5.91 Å². The molecule has 1 amide bonds. The van der Waals surface area contributed by atoms with E-state index in [2.05, 4.69) is 12.6 Å². The van der Waals surface area contributed by atoms with Crippen LogP contribution in [0.25, 0.3) is 0 Å². The van der Waals surface area contributed by atoms with E-state index >= 15 is 0 Å². The summed E-state index contributed by atoms with van der Waals surface area (Å²) in [5, 5.41) is 0. The van der Waals surface area contributed by atoms with Crippen molar-refractivity contribution in [3.8, 4) is 0 Å². The lowest BCUT2D eigenvalue weighted by atomic mass is 10.1. The third-order valence-electron chi connectivity index (χ3n) is 1.70. The van der Waals surface area contributed by atoms with Crippen LogP contribution in [0, 0.1) is 0 Å². The quantitative estimate of drug-likeness (QED) is 0.372. The number of carbonyl (C=O) groups excluding carboxylic acids is 1. The van der Waals surface area contributed by atoms with Gasteiger partial charge in [0.1, 0.15) is 0 Å². The van der Waals surface area contributed by atoms with Crippen molar-refractivity contribution in [1.82, 2.24) is 0 Å². The summed E-state index contributed by atoms with van der Waals surface area (Å²) >= 11 is 4.11. The number of allylic oxidation sites excluding steroid dienone is 1. The van der Waals surface area contributed by atoms with Crippen LogP contribution < -0.4 is 5.73 Å². The van der Waals surface area contributed by atoms with E-state index in [0.717, 1.165) is 25.0 Å². The molecular formula is C9H17NOS. The van der Waals surface area contributed by atoms with Gasteiger partial charge in [-0.15, -0.1) is 0 Å². The SMILES string of the molecule is C/C(=C\CCCCCS)C(N)=O. The Labute approximate surface area is 79.6 Å². The van der Waals surface area contributed by atoms with E-state index in [1.807, 2.05) is 6.08 Å². The van der Waals surface area contributed by atoms with Gasteiger partial charge in [-0.3, -0.25) is 4.79 Å². The Morgan fingerprint density at radius 3 is 2.58 bits per heavy atom. The molecule has 0 aromatic heterocycles. The van der Waals surface area contributed by atoms with Crippen LogP contribution >= 0.6 is 12.6 Å². The van der Waals surface area contributed by atoms with Crippen LogP contribution in [0.1, 0.15) is 32.6 Å². The van der Waals surface area contributed by atoms with Crippen molar-refractivity contribution >= 4 is 18.5 Å². The predicted molar refractivity (Wildman–Crippen MR) is 55.3 cm³/mol. The fourth-order valence-corrected chi connectivity index (χ4v) is 1.08. The summed E-state index contributed by atoms with van der Waals surface area (Å²) in [7, 11) is 0. The van der Waals surface area contributed by atoms with Crippen molar-refractivity contribution in [2.24, 2.45) is 5.73 Å². The van der Waals surface area contributed by atoms with Crippen LogP contribution in [0.3, 0.4) is 0 Å². The molecule has 0 atom stereocenters. The van der Waals surface area contributed by atoms with Gasteiger partial charge in [0.05, 0.1) is 0 Å². The van der Waals surface area contributed by atoms with Crippen LogP contribution in [0.2, 0.25) is 0 Å². The van der Waals surface area contributed by atoms with Crippen molar-refractivity contribution in [3.63, 3.8) is 0 Å². The zero-order valence-corrected chi connectivity index (χ0v) is 8.44. The van der Waals surface area contributed by atoms with Crippen molar-refractivity contribution in [2.45, 2.75) is 32.6 Å². The van der Waals surface area contributed by atoms with Crippen molar-refractivity contribution in [2.75, 3.05) is 5.75 Å². The summed E-state index contributed by atoms with van der Waals surface area (Å²) in [6.07, 6.45) is 6.28. The van der Waals surface area contributed by atoms with E-state index in [0.29, 0.717) is 5.57 Å². The zero-order chi connectivity index (χ0) is 9.40. The molecule has 2 nitrogen and oxygen atoms in total. The first kappa shape index (κ1) is 11.6. The molecular weight excluding hydrogens is 170 g/mol. The molecule has 0 aliphatic rings. The number of hydrogen-bond donors (Lipinski definition) is 2. The average Bonchev–Trinajstić information content (AvgIpc) is 2.03. The Hall–Kier alpha value is -0.440. The van der Waals surface area contributed by atoms with E-state index < -0.39 is 0 Å². The second-order valence-electron chi connectivity index (χ2n) is 2.82. The average molecular weight is 187 g/mol. The molecule has 70 valence electrons. The van der Waals surface area contributed by atoms with Crippen molar-refractivity contribution in [3.05, 3.63) is 11.6 Å². The Morgan fingerprint density at radius 2 is 2.08 bits per heavy atom. The molecule has 3 heteroatoms. The molecule has 0 unspecified atom stereocenters. The zero-order valence-electron chi connectivity index (χ0n) is 7.55. The smallest absolute Gasteiger partial charge is 0.244 e. The summed E-state index contributed by atoms with van der Waals surface area (Å²) in [5.41, 5.74) is 5.72. The van der Waals surface area contributed by atoms with Gasteiger partial charge in [-0.1, -0.05) is 12.5 Å². The van der Waals surface area contributed by atoms with Gasteiger partial charge in [-0.25, -0.2) is 0 Å². The van der Waals surface area contributed by atoms with Gasteiger partial charge < -0.3 is 5.73 Å². The monoisotopic (exact) mass is 187 g/mol. The number of thiol groups is 1. The summed E-state index contributed by atoms with van der Waals surface area (Å²) in [6, 6.07) is 0. The summed E-state index contributed by atoms with van der Waals surface area (Å²) in [5.74, 6) is 0.627. The second-order valence-corrected chi connectivity index (χ2v) is 3.27. The number of amides is 1. The van der Waals surface area contributed by atoms with Crippen LogP contribution in [0.4, 0.5) is 0 Å². The highest BCUT2D eigenvalue weighted by Gasteiger charge is 1.94. The van der Waals surface area contributed by atoms with E-state index in [4.69, 9.17) is 5.73 Å². The van der Waals surface area contributed by atoms with Crippen LogP contribution in [0.15, 0.2) is 11.6 Å². The predicted octanol–water partition coefficient (Wildman–Crippen LogP) is 1.91. The van der Waals surface area contributed by atoms with Gasteiger partial charge in [-0.05, 0) is 31.9 Å². The molecule has 0 bridgehead atoms. The Morgan fingerprint density at radius 1 is 1.42 bits per heavy atom. The van der Waals surface area contributed by atoms with E-state index in [1.54, 1.807) is 6.92 Å². The van der Waals surface area contributed by atoms with Crippen molar-refractivity contribution < 1.29 is 4.79 Å². The third-order valence-corrected chi connectivity index (χ3v) is 2.02. The largest absolute Gasteiger partial charge is 0.366 e. The molecule has 0 fully saturated rings. The first-order chi connectivity index (χ1) is 5.68. The summed E-state index contributed by atoms with van der Waals surface area (Å²) < 4.78 is 0. The number of carbonyl (C=O) groups is 1. The summed E-state index contributed by atoms with van der Waals surface area (Å²) in [6.45, 7) is 1.75. The maximum absolute atomic E-state index is 10.6. The highest BCUT2D eigenvalue weighted by Crippen LogP contribution is 2.03. The maximum atomic E-state index is 10.6. The normalized spacial score (nSPS) is 11.7. The molecule has 12 heavy (non-hydrogen) atoms. The first-order valence-electron chi connectivity index (χ1n) is 4.26. The van der Waals surface area contributed by atoms with E-state index in [9.17, 15) is 4.79 Å². The Kier molecular flexibility index (Phi) is 6.96. The molecule has 0 radical (unpaired) electrons. The molecule has 0 saturated heterocycles. The molecule has 0 saturated carbocycles. The van der Waals surface area contributed by atoms with Gasteiger partial charge in [0, 0.05) is 5.57 Å². The molecule has 0 aromatic carbocycles. The van der Waals surface area contributed by atoms with Gasteiger partial charge in [0.15, 0.2) is 0 Å². The van der Waals surface area contributed by atoms with E-state index in [-0.39, 0.29) is 5.91 Å². The minimum Gasteiger partial charge on any atom is -0.366 e. The lowest BCUT2D eigenvalue weighted by molar-refractivity contribution is -0.114. The number of nitrogens with two attached hydrogens (primary N) is 1. The molecule has 0 rings (SSSR count). The molecule has 0 aliphatic heterocycles. The third kappa shape index (κ3) is 6.28. The lowest BCUT2D eigenvalue weighted by Crippen LogP contribution is -2.11. The lowest BCUT2D eigenvalue weighted by Gasteiger charge is -1.96. The van der Waals surface area contributed by atoms with Gasteiger partial charge >= 0.3 is 0 Å². The highest BCUT2D eigenvalue weighted by molar-refractivity contribution is 7.80. The maximum Gasteiger partial charge on any atom is 0.244 e. The van der Waals surface area contributed by atoms with Gasteiger partial charge in [0.25, 0.3) is 0 Å². The van der Waals surface area contributed by atoms with Crippen LogP contribution in [-0.2, 0) is 4.79 Å². The van der Waals surface area contributed by atoms with Crippen LogP contribution in [-0.4, -0.2) is 11.7 Å². The standard InChI is InChI=1S/C9H17NOS/c1-8(9(10)11)6-4-2-3-5-7-12/h6,12H,2-5,7H2,1H3,(H2,10,11)/b8-6+. The molecule has 0 spiro atoms. The molecule has 0 aromatic rings. The number of unbranched alkanes of at least 4 members (excludes halogenated alkanes) is 3. The Bertz CT molecular complexity index is 166. The first-order valence-corrected chi connectivity index (χ1v) is 4.89. The Balaban J connectivity index is 3.40. The fourth-order valence-electron chi connectivity index (χ4n) is 0.852. The fraction of sp³-hybridized carbons (Fsp3) is 0.667. The number of primary amides is 1. The second kappa shape index (κ2) is 7.22. The van der Waals surface area contributed by atoms with E-state index in [1.165, 1.54) is 6.42 Å². The number of rotatable bonds is 6. The van der Waals surface area contributed by atoms with Gasteiger partial charge in [-0.2, -0.15) is 12.6 Å². The molecule has 0 heterocycles. The molecule has 2 N–H and O–H groups in total. The topological polar surface area (TPSA) is 43.1 Å².